The lowest BCUT2D eigenvalue weighted by Gasteiger charge is -2.19. The van der Waals surface area contributed by atoms with Crippen molar-refractivity contribution in [3.8, 4) is 0 Å². The van der Waals surface area contributed by atoms with E-state index in [-0.39, 0.29) is 11.0 Å². The molecule has 0 fully saturated rings. The van der Waals surface area contributed by atoms with Gasteiger partial charge in [0.05, 0.1) is 5.39 Å². The Labute approximate surface area is 118 Å². The van der Waals surface area contributed by atoms with Gasteiger partial charge >= 0.3 is 5.63 Å². The molecule has 0 saturated carbocycles. The molecule has 3 aromatic rings. The zero-order valence-corrected chi connectivity index (χ0v) is 12.3. The fourth-order valence-electron chi connectivity index (χ4n) is 2.61. The maximum absolute atomic E-state index is 12.2. The standard InChI is InChI=1S/C18H18O2/c1-11-6-5-7-14-13-9-8-12(18(2,3)4)10-15(13)20-17(19)16(11)14/h5-10H,1-4H3. The number of benzene rings is 2. The van der Waals surface area contributed by atoms with E-state index in [0.717, 1.165) is 16.3 Å². The van der Waals surface area contributed by atoms with E-state index >= 15 is 0 Å². The minimum atomic E-state index is -0.253. The Morgan fingerprint density at radius 2 is 1.75 bits per heavy atom. The van der Waals surface area contributed by atoms with Crippen LogP contribution in [-0.4, -0.2) is 0 Å². The molecule has 1 heterocycles. The van der Waals surface area contributed by atoms with E-state index in [4.69, 9.17) is 4.42 Å². The molecule has 0 aliphatic rings. The van der Waals surface area contributed by atoms with Gasteiger partial charge in [0.1, 0.15) is 5.58 Å². The molecule has 2 heteroatoms. The van der Waals surface area contributed by atoms with Crippen LogP contribution in [0.3, 0.4) is 0 Å². The predicted molar refractivity (Wildman–Crippen MR) is 83.4 cm³/mol. The van der Waals surface area contributed by atoms with Crippen LogP contribution < -0.4 is 5.63 Å². The highest BCUT2D eigenvalue weighted by Gasteiger charge is 2.16. The summed E-state index contributed by atoms with van der Waals surface area (Å²) in [6, 6.07) is 12.1. The van der Waals surface area contributed by atoms with Crippen LogP contribution in [0.25, 0.3) is 21.7 Å². The summed E-state index contributed by atoms with van der Waals surface area (Å²) in [6.45, 7) is 8.39. The SMILES string of the molecule is Cc1cccc2c1c(=O)oc1cc(C(C)(C)C)ccc12. The molecule has 0 atom stereocenters. The average molecular weight is 266 g/mol. The zero-order chi connectivity index (χ0) is 14.5. The average Bonchev–Trinajstić information content (AvgIpc) is 2.37. The van der Waals surface area contributed by atoms with E-state index in [1.54, 1.807) is 0 Å². The van der Waals surface area contributed by atoms with Gasteiger partial charge in [0.15, 0.2) is 0 Å². The molecule has 2 nitrogen and oxygen atoms in total. The van der Waals surface area contributed by atoms with Gasteiger partial charge in [-0.3, -0.25) is 0 Å². The Morgan fingerprint density at radius 3 is 2.45 bits per heavy atom. The Hall–Kier alpha value is -2.09. The topological polar surface area (TPSA) is 30.2 Å². The molecule has 3 rings (SSSR count). The maximum atomic E-state index is 12.2. The van der Waals surface area contributed by atoms with E-state index in [9.17, 15) is 4.79 Å². The fraction of sp³-hybridized carbons (Fsp3) is 0.278. The molecule has 0 aliphatic carbocycles. The van der Waals surface area contributed by atoms with Gasteiger partial charge in [0.2, 0.25) is 0 Å². The van der Waals surface area contributed by atoms with Crippen molar-refractivity contribution in [2.75, 3.05) is 0 Å². The van der Waals surface area contributed by atoms with Gasteiger partial charge in [-0.2, -0.15) is 0 Å². The largest absolute Gasteiger partial charge is 0.422 e. The van der Waals surface area contributed by atoms with Crippen molar-refractivity contribution >= 4 is 21.7 Å². The quantitative estimate of drug-likeness (QED) is 0.441. The Morgan fingerprint density at radius 1 is 1.00 bits per heavy atom. The molecule has 0 aliphatic heterocycles. The zero-order valence-electron chi connectivity index (χ0n) is 12.3. The third-order valence-corrected chi connectivity index (χ3v) is 3.82. The van der Waals surface area contributed by atoms with Gasteiger partial charge in [-0.1, -0.05) is 51.1 Å². The van der Waals surface area contributed by atoms with Gasteiger partial charge in [0, 0.05) is 10.8 Å². The van der Waals surface area contributed by atoms with Crippen molar-refractivity contribution in [3.63, 3.8) is 0 Å². The summed E-state index contributed by atoms with van der Waals surface area (Å²) in [5.41, 5.74) is 2.57. The van der Waals surface area contributed by atoms with E-state index in [1.807, 2.05) is 31.2 Å². The first kappa shape index (κ1) is 12.9. The number of fused-ring (bicyclic) bond motifs is 3. The summed E-state index contributed by atoms with van der Waals surface area (Å²) in [5.74, 6) is 0. The normalized spacial score (nSPS) is 12.2. The highest BCUT2D eigenvalue weighted by atomic mass is 16.4. The predicted octanol–water partition coefficient (Wildman–Crippen LogP) is 4.55. The molecule has 0 radical (unpaired) electrons. The molecule has 0 N–H and O–H groups in total. The molecule has 0 amide bonds. The van der Waals surface area contributed by atoms with Crippen molar-refractivity contribution in [3.05, 3.63) is 57.9 Å². The first-order chi connectivity index (χ1) is 9.38. The minimum absolute atomic E-state index is 0.0360. The van der Waals surface area contributed by atoms with Crippen molar-refractivity contribution in [1.29, 1.82) is 0 Å². The monoisotopic (exact) mass is 266 g/mol. The summed E-state index contributed by atoms with van der Waals surface area (Å²) in [5, 5.41) is 2.65. The minimum Gasteiger partial charge on any atom is -0.422 e. The molecule has 2 aromatic carbocycles. The van der Waals surface area contributed by atoms with Crippen LogP contribution in [0.4, 0.5) is 0 Å². The summed E-state index contributed by atoms with van der Waals surface area (Å²) in [6.07, 6.45) is 0. The smallest absolute Gasteiger partial charge is 0.344 e. The lowest BCUT2D eigenvalue weighted by atomic mass is 9.86. The molecular weight excluding hydrogens is 248 g/mol. The molecule has 0 spiro atoms. The first-order valence-corrected chi connectivity index (χ1v) is 6.84. The Bertz CT molecular complexity index is 864. The van der Waals surface area contributed by atoms with Crippen molar-refractivity contribution in [2.24, 2.45) is 0 Å². The van der Waals surface area contributed by atoms with Gasteiger partial charge in [-0.05, 0) is 29.5 Å². The Balaban J connectivity index is 2.46. The molecule has 102 valence electrons. The van der Waals surface area contributed by atoms with Gasteiger partial charge in [-0.25, -0.2) is 4.79 Å². The Kier molecular flexibility index (Phi) is 2.72. The summed E-state index contributed by atoms with van der Waals surface area (Å²) in [4.78, 5) is 12.2. The second kappa shape index (κ2) is 4.20. The third-order valence-electron chi connectivity index (χ3n) is 3.82. The van der Waals surface area contributed by atoms with Crippen molar-refractivity contribution < 1.29 is 4.42 Å². The number of aryl methyl sites for hydroxylation is 1. The van der Waals surface area contributed by atoms with Crippen LogP contribution >= 0.6 is 0 Å². The lowest BCUT2D eigenvalue weighted by Crippen LogP contribution is -2.11. The van der Waals surface area contributed by atoms with E-state index in [0.29, 0.717) is 11.0 Å². The van der Waals surface area contributed by atoms with Crippen LogP contribution in [0.15, 0.2) is 45.6 Å². The highest BCUT2D eigenvalue weighted by molar-refractivity contribution is 6.05. The number of rotatable bonds is 0. The summed E-state index contributed by atoms with van der Waals surface area (Å²) in [7, 11) is 0. The molecule has 1 aromatic heterocycles. The molecule has 20 heavy (non-hydrogen) atoms. The van der Waals surface area contributed by atoms with E-state index in [2.05, 4.69) is 32.9 Å². The van der Waals surface area contributed by atoms with Gasteiger partial charge < -0.3 is 4.42 Å². The van der Waals surface area contributed by atoms with Gasteiger partial charge in [-0.15, -0.1) is 0 Å². The summed E-state index contributed by atoms with van der Waals surface area (Å²) >= 11 is 0. The first-order valence-electron chi connectivity index (χ1n) is 6.84. The van der Waals surface area contributed by atoms with Crippen LogP contribution in [0.5, 0.6) is 0 Å². The number of hydrogen-bond acceptors (Lipinski definition) is 2. The van der Waals surface area contributed by atoms with Crippen LogP contribution in [0.1, 0.15) is 31.9 Å². The second-order valence-corrected chi connectivity index (χ2v) is 6.35. The third kappa shape index (κ3) is 1.92. The maximum Gasteiger partial charge on any atom is 0.344 e. The van der Waals surface area contributed by atoms with Crippen molar-refractivity contribution in [2.45, 2.75) is 33.1 Å². The van der Waals surface area contributed by atoms with Gasteiger partial charge in [0.25, 0.3) is 0 Å². The summed E-state index contributed by atoms with van der Waals surface area (Å²) < 4.78 is 5.54. The molecule has 0 saturated heterocycles. The van der Waals surface area contributed by atoms with Crippen LogP contribution in [0.2, 0.25) is 0 Å². The molecule has 0 unspecified atom stereocenters. The molecule has 0 bridgehead atoms. The van der Waals surface area contributed by atoms with E-state index in [1.165, 1.54) is 5.56 Å². The fourth-order valence-corrected chi connectivity index (χ4v) is 2.61. The van der Waals surface area contributed by atoms with E-state index < -0.39 is 0 Å². The number of hydrogen-bond donors (Lipinski definition) is 0. The highest BCUT2D eigenvalue weighted by Crippen LogP contribution is 2.29. The lowest BCUT2D eigenvalue weighted by molar-refractivity contribution is 0.560. The molecular formula is C18H18O2. The second-order valence-electron chi connectivity index (χ2n) is 6.35. The van der Waals surface area contributed by atoms with Crippen LogP contribution in [0, 0.1) is 6.92 Å². The van der Waals surface area contributed by atoms with Crippen LogP contribution in [-0.2, 0) is 5.41 Å². The van der Waals surface area contributed by atoms with Crippen molar-refractivity contribution in [1.82, 2.24) is 0 Å².